The molecule has 1 rings (SSSR count). The van der Waals surface area contributed by atoms with Gasteiger partial charge in [-0.15, -0.1) is 0 Å². The van der Waals surface area contributed by atoms with Crippen molar-refractivity contribution in [2.45, 2.75) is 19.4 Å². The van der Waals surface area contributed by atoms with Gasteiger partial charge in [0.05, 0.1) is 6.61 Å². The minimum absolute atomic E-state index is 0.130. The highest BCUT2D eigenvalue weighted by Crippen LogP contribution is 2.18. The lowest BCUT2D eigenvalue weighted by Gasteiger charge is -2.06. The molecule has 0 saturated heterocycles. The van der Waals surface area contributed by atoms with Gasteiger partial charge in [0.2, 0.25) is 0 Å². The normalized spacial score (nSPS) is 10.4. The smallest absolute Gasteiger partial charge is 0.0684 e. The fourth-order valence-electron chi connectivity index (χ4n) is 1.24. The summed E-state index contributed by atoms with van der Waals surface area (Å²) in [6, 6.07) is 6.01. The molecule has 0 saturated carbocycles. The van der Waals surface area contributed by atoms with Gasteiger partial charge in [0.25, 0.3) is 0 Å². The second kappa shape index (κ2) is 5.78. The molecule has 0 heterocycles. The Balaban J connectivity index is 2.81. The number of halogens is 2. The van der Waals surface area contributed by atoms with Crippen molar-refractivity contribution >= 4 is 31.9 Å². The number of hydrogen-bond acceptors (Lipinski definition) is 1. The molecule has 3 heteroatoms. The fourth-order valence-corrected chi connectivity index (χ4v) is 1.93. The quantitative estimate of drug-likeness (QED) is 0.847. The van der Waals surface area contributed by atoms with E-state index in [1.165, 1.54) is 5.56 Å². The van der Waals surface area contributed by atoms with Crippen LogP contribution in [-0.2, 0) is 13.0 Å². The lowest BCUT2D eigenvalue weighted by atomic mass is 10.0. The third kappa shape index (κ3) is 3.41. The monoisotopic (exact) mass is 306 g/mol. The molecule has 1 aromatic carbocycles. The molecule has 0 spiro atoms. The Kier molecular flexibility index (Phi) is 4.99. The van der Waals surface area contributed by atoms with Crippen LogP contribution in [0, 0.1) is 0 Å². The maximum absolute atomic E-state index is 9.08. The minimum atomic E-state index is 0.130. The van der Waals surface area contributed by atoms with E-state index in [0.29, 0.717) is 0 Å². The molecule has 0 atom stereocenters. The molecule has 1 N–H and O–H groups in total. The van der Waals surface area contributed by atoms with Crippen molar-refractivity contribution in [3.8, 4) is 0 Å². The molecule has 0 bridgehead atoms. The van der Waals surface area contributed by atoms with Crippen LogP contribution in [0.3, 0.4) is 0 Å². The zero-order valence-electron chi connectivity index (χ0n) is 7.26. The maximum Gasteiger partial charge on any atom is 0.0684 e. The Morgan fingerprint density at radius 3 is 2.62 bits per heavy atom. The number of aryl methyl sites for hydroxylation is 1. The second-order valence-electron chi connectivity index (χ2n) is 2.86. The SMILES string of the molecule is OCc1ccc(Br)cc1CCCBr. The lowest BCUT2D eigenvalue weighted by Crippen LogP contribution is -1.94. The van der Waals surface area contributed by atoms with E-state index in [1.54, 1.807) is 0 Å². The van der Waals surface area contributed by atoms with Crippen molar-refractivity contribution in [3.05, 3.63) is 33.8 Å². The molecule has 13 heavy (non-hydrogen) atoms. The third-order valence-electron chi connectivity index (χ3n) is 1.92. The highest BCUT2D eigenvalue weighted by atomic mass is 79.9. The van der Waals surface area contributed by atoms with E-state index in [4.69, 9.17) is 5.11 Å². The number of rotatable bonds is 4. The zero-order chi connectivity index (χ0) is 9.68. The van der Waals surface area contributed by atoms with Crippen molar-refractivity contribution in [3.63, 3.8) is 0 Å². The van der Waals surface area contributed by atoms with Crippen molar-refractivity contribution in [2.75, 3.05) is 5.33 Å². The van der Waals surface area contributed by atoms with E-state index in [-0.39, 0.29) is 6.61 Å². The van der Waals surface area contributed by atoms with Gasteiger partial charge in [-0.1, -0.05) is 37.9 Å². The molecule has 0 fully saturated rings. The maximum atomic E-state index is 9.08. The first-order valence-electron chi connectivity index (χ1n) is 4.22. The van der Waals surface area contributed by atoms with Gasteiger partial charge in [0, 0.05) is 9.80 Å². The summed E-state index contributed by atoms with van der Waals surface area (Å²) in [5.74, 6) is 0. The molecular formula is C10H12Br2O. The van der Waals surface area contributed by atoms with Crippen molar-refractivity contribution in [2.24, 2.45) is 0 Å². The van der Waals surface area contributed by atoms with Gasteiger partial charge >= 0.3 is 0 Å². The van der Waals surface area contributed by atoms with Crippen LogP contribution in [0.4, 0.5) is 0 Å². The number of aliphatic hydroxyl groups excluding tert-OH is 1. The summed E-state index contributed by atoms with van der Waals surface area (Å²) in [5.41, 5.74) is 2.26. The lowest BCUT2D eigenvalue weighted by molar-refractivity contribution is 0.280. The summed E-state index contributed by atoms with van der Waals surface area (Å²) in [6.45, 7) is 0.130. The molecule has 72 valence electrons. The standard InChI is InChI=1S/C10H12Br2O/c11-5-1-2-8-6-10(12)4-3-9(8)7-13/h3-4,6,13H,1-2,5,7H2. The number of alkyl halides is 1. The van der Waals surface area contributed by atoms with Crippen LogP contribution in [-0.4, -0.2) is 10.4 Å². The highest BCUT2D eigenvalue weighted by molar-refractivity contribution is 9.10. The summed E-state index contributed by atoms with van der Waals surface area (Å²) in [7, 11) is 0. The van der Waals surface area contributed by atoms with Crippen LogP contribution < -0.4 is 0 Å². The van der Waals surface area contributed by atoms with Gasteiger partial charge in [0.15, 0.2) is 0 Å². The summed E-state index contributed by atoms with van der Waals surface area (Å²) in [5, 5.41) is 10.1. The van der Waals surface area contributed by atoms with Crippen LogP contribution in [0.5, 0.6) is 0 Å². The molecule has 0 aliphatic rings. The largest absolute Gasteiger partial charge is 0.392 e. The van der Waals surface area contributed by atoms with Crippen LogP contribution in [0.1, 0.15) is 17.5 Å². The Bertz CT molecular complexity index is 274. The van der Waals surface area contributed by atoms with E-state index < -0.39 is 0 Å². The molecule has 0 amide bonds. The third-order valence-corrected chi connectivity index (χ3v) is 2.97. The average Bonchev–Trinajstić information content (AvgIpc) is 2.15. The summed E-state index contributed by atoms with van der Waals surface area (Å²) in [6.07, 6.45) is 2.12. The van der Waals surface area contributed by atoms with Crippen molar-refractivity contribution in [1.82, 2.24) is 0 Å². The van der Waals surface area contributed by atoms with Crippen molar-refractivity contribution < 1.29 is 5.11 Å². The van der Waals surface area contributed by atoms with Gasteiger partial charge in [0.1, 0.15) is 0 Å². The van der Waals surface area contributed by atoms with Gasteiger partial charge in [-0.2, -0.15) is 0 Å². The van der Waals surface area contributed by atoms with E-state index >= 15 is 0 Å². The number of hydrogen-bond donors (Lipinski definition) is 1. The Labute approximate surface area is 95.4 Å². The molecule has 0 aromatic heterocycles. The zero-order valence-corrected chi connectivity index (χ0v) is 10.4. The van der Waals surface area contributed by atoms with E-state index in [0.717, 1.165) is 28.2 Å². The molecule has 0 aliphatic heterocycles. The molecule has 1 aromatic rings. The van der Waals surface area contributed by atoms with Gasteiger partial charge in [-0.3, -0.25) is 0 Å². The van der Waals surface area contributed by atoms with Crippen LogP contribution in [0.2, 0.25) is 0 Å². The molecule has 0 unspecified atom stereocenters. The first kappa shape index (κ1) is 11.2. The highest BCUT2D eigenvalue weighted by Gasteiger charge is 2.01. The summed E-state index contributed by atoms with van der Waals surface area (Å²) >= 11 is 6.82. The van der Waals surface area contributed by atoms with Crippen LogP contribution in [0.15, 0.2) is 22.7 Å². The molecule has 0 radical (unpaired) electrons. The van der Waals surface area contributed by atoms with E-state index in [9.17, 15) is 0 Å². The summed E-state index contributed by atoms with van der Waals surface area (Å²) in [4.78, 5) is 0. The Morgan fingerprint density at radius 1 is 1.23 bits per heavy atom. The molecular weight excluding hydrogens is 296 g/mol. The minimum Gasteiger partial charge on any atom is -0.392 e. The number of benzene rings is 1. The van der Waals surface area contributed by atoms with Crippen LogP contribution in [0.25, 0.3) is 0 Å². The van der Waals surface area contributed by atoms with Gasteiger partial charge in [-0.25, -0.2) is 0 Å². The molecule has 0 aliphatic carbocycles. The van der Waals surface area contributed by atoms with E-state index in [2.05, 4.69) is 37.9 Å². The Morgan fingerprint density at radius 2 is 2.00 bits per heavy atom. The molecule has 1 nitrogen and oxygen atoms in total. The Hall–Kier alpha value is 0.140. The topological polar surface area (TPSA) is 20.2 Å². The number of aliphatic hydroxyl groups is 1. The van der Waals surface area contributed by atoms with Gasteiger partial charge < -0.3 is 5.11 Å². The van der Waals surface area contributed by atoms with Crippen LogP contribution >= 0.6 is 31.9 Å². The van der Waals surface area contributed by atoms with Gasteiger partial charge in [-0.05, 0) is 36.1 Å². The fraction of sp³-hybridized carbons (Fsp3) is 0.400. The first-order valence-corrected chi connectivity index (χ1v) is 6.13. The second-order valence-corrected chi connectivity index (χ2v) is 4.57. The first-order chi connectivity index (χ1) is 6.27. The summed E-state index contributed by atoms with van der Waals surface area (Å²) < 4.78 is 1.08. The predicted molar refractivity (Wildman–Crippen MR) is 62.2 cm³/mol. The average molecular weight is 308 g/mol. The predicted octanol–water partition coefficient (Wildman–Crippen LogP) is 3.27. The van der Waals surface area contributed by atoms with Crippen molar-refractivity contribution in [1.29, 1.82) is 0 Å². The van der Waals surface area contributed by atoms with E-state index in [1.807, 2.05) is 12.1 Å².